The van der Waals surface area contributed by atoms with E-state index in [1.165, 1.54) is 128 Å². The van der Waals surface area contributed by atoms with E-state index in [1.807, 2.05) is 11.8 Å². The van der Waals surface area contributed by atoms with E-state index >= 15 is 0 Å². The monoisotopic (exact) mass is 453 g/mol. The minimum absolute atomic E-state index is 0.105. The lowest BCUT2D eigenvalue weighted by Gasteiger charge is -2.22. The zero-order valence-electron chi connectivity index (χ0n) is 22.4. The number of unbranched alkanes of at least 4 members (excludes halogenated alkanes) is 20. The summed E-state index contributed by atoms with van der Waals surface area (Å²) in [4.78, 5) is 14.2. The molecule has 0 unspecified atom stereocenters. The molecule has 0 bridgehead atoms. The quantitative estimate of drug-likeness (QED) is 0.129. The fraction of sp³-hybridized carbons (Fsp3) is 0.966. The Balaban J connectivity index is 3.68. The molecule has 0 N–H and O–H groups in total. The molecule has 0 rings (SSSR count). The normalized spacial score (nSPS) is 11.1. The molecular weight excluding hydrogens is 394 g/mol. The van der Waals surface area contributed by atoms with Crippen molar-refractivity contribution in [1.29, 1.82) is 0 Å². The van der Waals surface area contributed by atoms with Crippen LogP contribution in [0.2, 0.25) is 0 Å². The van der Waals surface area contributed by atoms with Gasteiger partial charge in [-0.25, -0.2) is 4.79 Å². The van der Waals surface area contributed by atoms with E-state index in [-0.39, 0.29) is 6.09 Å². The summed E-state index contributed by atoms with van der Waals surface area (Å²) < 4.78 is 5.29. The highest BCUT2D eigenvalue weighted by atomic mass is 16.6. The third kappa shape index (κ3) is 22.5. The van der Waals surface area contributed by atoms with E-state index in [9.17, 15) is 4.79 Å². The van der Waals surface area contributed by atoms with Crippen LogP contribution in [0, 0.1) is 0 Å². The van der Waals surface area contributed by atoms with Gasteiger partial charge in [0.25, 0.3) is 0 Å². The first-order valence-corrected chi connectivity index (χ1v) is 14.7. The van der Waals surface area contributed by atoms with Gasteiger partial charge in [0.05, 0.1) is 6.61 Å². The molecule has 0 atom stereocenters. The summed E-state index contributed by atoms with van der Waals surface area (Å²) in [6.07, 6.45) is 29.5. The number of carbonyl (C=O) groups excluding carboxylic acids is 1. The number of amides is 1. The van der Waals surface area contributed by atoms with Crippen molar-refractivity contribution in [1.82, 2.24) is 4.90 Å². The van der Waals surface area contributed by atoms with Crippen molar-refractivity contribution in [3.8, 4) is 0 Å². The van der Waals surface area contributed by atoms with Gasteiger partial charge < -0.3 is 9.64 Å². The van der Waals surface area contributed by atoms with Crippen LogP contribution in [-0.2, 0) is 4.74 Å². The summed E-state index contributed by atoms with van der Waals surface area (Å²) in [6, 6.07) is 0. The van der Waals surface area contributed by atoms with Crippen molar-refractivity contribution >= 4 is 6.09 Å². The second-order valence-corrected chi connectivity index (χ2v) is 9.76. The van der Waals surface area contributed by atoms with Gasteiger partial charge >= 0.3 is 6.09 Å². The van der Waals surface area contributed by atoms with E-state index in [4.69, 9.17) is 4.74 Å². The lowest BCUT2D eigenvalue weighted by Crippen LogP contribution is -2.33. The first-order valence-electron chi connectivity index (χ1n) is 14.7. The summed E-state index contributed by atoms with van der Waals surface area (Å²) in [5.41, 5.74) is 0. The topological polar surface area (TPSA) is 29.5 Å². The van der Waals surface area contributed by atoms with E-state index in [2.05, 4.69) is 13.8 Å². The van der Waals surface area contributed by atoms with E-state index in [0.717, 1.165) is 25.9 Å². The second-order valence-electron chi connectivity index (χ2n) is 9.76. The first-order chi connectivity index (χ1) is 15.8. The van der Waals surface area contributed by atoms with Gasteiger partial charge in [-0.3, -0.25) is 0 Å². The van der Waals surface area contributed by atoms with Crippen LogP contribution in [0.15, 0.2) is 0 Å². The van der Waals surface area contributed by atoms with Gasteiger partial charge in [-0.15, -0.1) is 0 Å². The molecule has 0 aromatic carbocycles. The summed E-state index contributed by atoms with van der Waals surface area (Å²) in [5, 5.41) is 0. The summed E-state index contributed by atoms with van der Waals surface area (Å²) in [6.45, 7) is 8.68. The Hall–Kier alpha value is -0.730. The molecule has 1 amide bonds. The predicted octanol–water partition coefficient (Wildman–Crippen LogP) is 10.1. The van der Waals surface area contributed by atoms with E-state index in [1.54, 1.807) is 0 Å². The molecule has 0 saturated carbocycles. The molecular formula is C29H59NO2. The van der Waals surface area contributed by atoms with Crippen LogP contribution >= 0.6 is 0 Å². The highest BCUT2D eigenvalue weighted by Crippen LogP contribution is 2.14. The van der Waals surface area contributed by atoms with Crippen molar-refractivity contribution < 1.29 is 9.53 Å². The van der Waals surface area contributed by atoms with Gasteiger partial charge in [0.2, 0.25) is 0 Å². The molecule has 3 heteroatoms. The lowest BCUT2D eigenvalue weighted by atomic mass is 10.1. The minimum Gasteiger partial charge on any atom is -0.450 e. The van der Waals surface area contributed by atoms with Gasteiger partial charge in [-0.05, 0) is 19.8 Å². The SMILES string of the molecule is CCCCCCCCCCCCCN(CCCCCCCCCCCCC)C(=O)OCC. The third-order valence-corrected chi connectivity index (χ3v) is 6.59. The maximum atomic E-state index is 12.3. The van der Waals surface area contributed by atoms with Crippen LogP contribution in [0.3, 0.4) is 0 Å². The molecule has 0 fully saturated rings. The van der Waals surface area contributed by atoms with Gasteiger partial charge in [0, 0.05) is 13.1 Å². The molecule has 0 saturated heterocycles. The number of rotatable bonds is 25. The fourth-order valence-corrected chi connectivity index (χ4v) is 4.44. The molecule has 0 aromatic rings. The predicted molar refractivity (Wildman–Crippen MR) is 142 cm³/mol. The van der Waals surface area contributed by atoms with Crippen LogP contribution in [0.4, 0.5) is 4.79 Å². The zero-order valence-corrected chi connectivity index (χ0v) is 22.4. The maximum absolute atomic E-state index is 12.3. The van der Waals surface area contributed by atoms with Crippen LogP contribution in [0.1, 0.15) is 162 Å². The van der Waals surface area contributed by atoms with Crippen molar-refractivity contribution in [3.63, 3.8) is 0 Å². The Morgan fingerprint density at radius 3 is 1.03 bits per heavy atom. The van der Waals surface area contributed by atoms with Crippen LogP contribution in [-0.4, -0.2) is 30.7 Å². The third-order valence-electron chi connectivity index (χ3n) is 6.59. The molecule has 32 heavy (non-hydrogen) atoms. The largest absolute Gasteiger partial charge is 0.450 e. The molecule has 192 valence electrons. The number of hydrogen-bond acceptors (Lipinski definition) is 2. The van der Waals surface area contributed by atoms with Gasteiger partial charge in [-0.1, -0.05) is 142 Å². The Morgan fingerprint density at radius 2 is 0.750 bits per heavy atom. The highest BCUT2D eigenvalue weighted by Gasteiger charge is 2.13. The Labute approximate surface area is 202 Å². The molecule has 3 nitrogen and oxygen atoms in total. The van der Waals surface area contributed by atoms with E-state index in [0.29, 0.717) is 6.61 Å². The Bertz CT molecular complexity index is 346. The number of hydrogen-bond donors (Lipinski definition) is 0. The lowest BCUT2D eigenvalue weighted by molar-refractivity contribution is 0.105. The van der Waals surface area contributed by atoms with Gasteiger partial charge in [0.15, 0.2) is 0 Å². The van der Waals surface area contributed by atoms with Crippen LogP contribution in [0.25, 0.3) is 0 Å². The Morgan fingerprint density at radius 1 is 0.469 bits per heavy atom. The summed E-state index contributed by atoms with van der Waals surface area (Å²) in [5.74, 6) is 0. The molecule has 0 spiro atoms. The Kier molecular flexibility index (Phi) is 25.9. The van der Waals surface area contributed by atoms with Crippen molar-refractivity contribution in [2.75, 3.05) is 19.7 Å². The smallest absolute Gasteiger partial charge is 0.409 e. The summed E-state index contributed by atoms with van der Waals surface area (Å²) >= 11 is 0. The van der Waals surface area contributed by atoms with E-state index < -0.39 is 0 Å². The maximum Gasteiger partial charge on any atom is 0.409 e. The number of carbonyl (C=O) groups is 1. The van der Waals surface area contributed by atoms with Crippen LogP contribution in [0.5, 0.6) is 0 Å². The standard InChI is InChI=1S/C29H59NO2/c1-4-7-9-11-13-15-17-19-21-23-25-27-30(29(31)32-6-3)28-26-24-22-20-18-16-14-12-10-8-5-2/h4-28H2,1-3H3. The second kappa shape index (κ2) is 26.5. The molecule has 0 heterocycles. The number of ether oxygens (including phenoxy) is 1. The van der Waals surface area contributed by atoms with Crippen molar-refractivity contribution in [2.24, 2.45) is 0 Å². The number of nitrogens with zero attached hydrogens (tertiary/aromatic N) is 1. The minimum atomic E-state index is -0.105. The average Bonchev–Trinajstić information content (AvgIpc) is 2.79. The molecule has 0 aliphatic rings. The molecule has 0 radical (unpaired) electrons. The average molecular weight is 454 g/mol. The highest BCUT2D eigenvalue weighted by molar-refractivity contribution is 5.67. The summed E-state index contributed by atoms with van der Waals surface area (Å²) in [7, 11) is 0. The zero-order chi connectivity index (χ0) is 23.5. The van der Waals surface area contributed by atoms with Crippen molar-refractivity contribution in [3.05, 3.63) is 0 Å². The molecule has 0 aliphatic heterocycles. The van der Waals surface area contributed by atoms with Crippen LogP contribution < -0.4 is 0 Å². The van der Waals surface area contributed by atoms with Crippen molar-refractivity contribution in [2.45, 2.75) is 162 Å². The van der Waals surface area contributed by atoms with Gasteiger partial charge in [-0.2, -0.15) is 0 Å². The molecule has 0 aliphatic carbocycles. The molecule has 0 aromatic heterocycles. The fourth-order valence-electron chi connectivity index (χ4n) is 4.44. The first kappa shape index (κ1) is 31.3. The van der Waals surface area contributed by atoms with Gasteiger partial charge in [0.1, 0.15) is 0 Å².